The number of hydrogen-bond acceptors (Lipinski definition) is 7. The van der Waals surface area contributed by atoms with Crippen LogP contribution >= 0.6 is 0 Å². The van der Waals surface area contributed by atoms with Gasteiger partial charge in [0.05, 0.1) is 32.2 Å². The Morgan fingerprint density at radius 3 is 2.86 bits per heavy atom. The molecule has 0 bridgehead atoms. The third-order valence-electron chi connectivity index (χ3n) is 4.94. The Morgan fingerprint density at radius 1 is 1.39 bits per heavy atom. The Balaban J connectivity index is 1.51. The summed E-state index contributed by atoms with van der Waals surface area (Å²) < 4.78 is 36.6. The predicted octanol–water partition coefficient (Wildman–Crippen LogP) is -0.299. The molecule has 2 aliphatic rings. The van der Waals surface area contributed by atoms with Crippen molar-refractivity contribution in [3.05, 3.63) is 24.5 Å². The second-order valence-electron chi connectivity index (χ2n) is 7.11. The van der Waals surface area contributed by atoms with Crippen LogP contribution in [0.1, 0.15) is 12.8 Å². The molecule has 2 atom stereocenters. The number of amides is 1. The van der Waals surface area contributed by atoms with Gasteiger partial charge in [-0.25, -0.2) is 8.42 Å². The Hall–Kier alpha value is -1.75. The average molecular weight is 413 g/mol. The number of rotatable bonds is 8. The standard InChI is InChI=1S/C18H28N4O5S/c1-28(24,25)22-14-16(27-15-4-2-5-19-13-15)12-17(22)18(23)20-6-3-7-21-8-10-26-11-9-21/h2,4-5,13,16-17H,3,6-12,14H2,1H3,(H,20,23)/t16-,17-/m0/s1. The third-order valence-corrected chi connectivity index (χ3v) is 6.19. The van der Waals surface area contributed by atoms with Gasteiger partial charge in [-0.15, -0.1) is 0 Å². The van der Waals surface area contributed by atoms with Gasteiger partial charge in [0, 0.05) is 32.3 Å². The summed E-state index contributed by atoms with van der Waals surface area (Å²) in [5.41, 5.74) is 0. The van der Waals surface area contributed by atoms with Gasteiger partial charge in [0.15, 0.2) is 0 Å². The van der Waals surface area contributed by atoms with Crippen LogP contribution in [0.25, 0.3) is 0 Å². The maximum Gasteiger partial charge on any atom is 0.238 e. The molecule has 0 aromatic carbocycles. The van der Waals surface area contributed by atoms with Gasteiger partial charge in [-0.2, -0.15) is 4.31 Å². The molecule has 3 rings (SSSR count). The SMILES string of the molecule is CS(=O)(=O)N1C[C@@H](Oc2cccnc2)C[C@H]1C(=O)NCCCN1CCOCC1. The highest BCUT2D eigenvalue weighted by Gasteiger charge is 2.42. The molecule has 1 aromatic heterocycles. The molecule has 156 valence electrons. The van der Waals surface area contributed by atoms with Gasteiger partial charge in [-0.3, -0.25) is 14.7 Å². The molecule has 0 radical (unpaired) electrons. The van der Waals surface area contributed by atoms with Crippen molar-refractivity contribution in [2.75, 3.05) is 52.2 Å². The number of nitrogens with one attached hydrogen (secondary N) is 1. The number of carbonyl (C=O) groups is 1. The largest absolute Gasteiger partial charge is 0.487 e. The van der Waals surface area contributed by atoms with Crippen molar-refractivity contribution in [3.8, 4) is 5.75 Å². The van der Waals surface area contributed by atoms with Crippen molar-refractivity contribution >= 4 is 15.9 Å². The van der Waals surface area contributed by atoms with E-state index < -0.39 is 16.1 Å². The topological polar surface area (TPSA) is 101 Å². The van der Waals surface area contributed by atoms with Crippen molar-refractivity contribution in [1.82, 2.24) is 19.5 Å². The second-order valence-corrected chi connectivity index (χ2v) is 9.05. The lowest BCUT2D eigenvalue weighted by atomic mass is 10.2. The normalized spacial score (nSPS) is 24.2. The molecular weight excluding hydrogens is 384 g/mol. The van der Waals surface area contributed by atoms with Gasteiger partial charge in [-0.1, -0.05) is 0 Å². The number of aromatic nitrogens is 1. The number of pyridine rings is 1. The van der Waals surface area contributed by atoms with E-state index in [1.807, 2.05) is 0 Å². The van der Waals surface area contributed by atoms with E-state index in [9.17, 15) is 13.2 Å². The van der Waals surface area contributed by atoms with E-state index in [4.69, 9.17) is 9.47 Å². The van der Waals surface area contributed by atoms with Gasteiger partial charge < -0.3 is 14.8 Å². The third kappa shape index (κ3) is 5.87. The first-order chi connectivity index (χ1) is 13.4. The summed E-state index contributed by atoms with van der Waals surface area (Å²) in [6.07, 6.45) is 5.08. The van der Waals surface area contributed by atoms with Crippen molar-refractivity contribution in [3.63, 3.8) is 0 Å². The summed E-state index contributed by atoms with van der Waals surface area (Å²) >= 11 is 0. The van der Waals surface area contributed by atoms with Gasteiger partial charge >= 0.3 is 0 Å². The minimum absolute atomic E-state index is 0.152. The molecular formula is C18H28N4O5S. The Bertz CT molecular complexity index is 740. The summed E-state index contributed by atoms with van der Waals surface area (Å²) in [5, 5.41) is 2.88. The number of ether oxygens (including phenoxy) is 2. The lowest BCUT2D eigenvalue weighted by Gasteiger charge is -2.26. The van der Waals surface area contributed by atoms with Gasteiger partial charge in [0.2, 0.25) is 15.9 Å². The highest BCUT2D eigenvalue weighted by atomic mass is 32.2. The lowest BCUT2D eigenvalue weighted by Crippen LogP contribution is -2.46. The number of carbonyl (C=O) groups excluding carboxylic acids is 1. The van der Waals surface area contributed by atoms with Crippen molar-refractivity contribution in [2.24, 2.45) is 0 Å². The van der Waals surface area contributed by atoms with Gasteiger partial charge in [0.25, 0.3) is 0 Å². The number of morpholine rings is 1. The fourth-order valence-electron chi connectivity index (χ4n) is 3.52. The molecule has 2 saturated heterocycles. The molecule has 0 saturated carbocycles. The Labute approximate surface area is 166 Å². The fraction of sp³-hybridized carbons (Fsp3) is 0.667. The minimum Gasteiger partial charge on any atom is -0.487 e. The van der Waals surface area contributed by atoms with Crippen LogP contribution in [0.5, 0.6) is 5.75 Å². The van der Waals surface area contributed by atoms with E-state index in [2.05, 4.69) is 15.2 Å². The van der Waals surface area contributed by atoms with Crippen LogP contribution in [0.15, 0.2) is 24.5 Å². The fourth-order valence-corrected chi connectivity index (χ4v) is 4.61. The van der Waals surface area contributed by atoms with Crippen LogP contribution in [0, 0.1) is 0 Å². The van der Waals surface area contributed by atoms with Gasteiger partial charge in [-0.05, 0) is 25.1 Å². The molecule has 3 heterocycles. The van der Waals surface area contributed by atoms with E-state index in [-0.39, 0.29) is 18.6 Å². The Kier molecular flexibility index (Phi) is 7.22. The van der Waals surface area contributed by atoms with Crippen molar-refractivity contribution < 1.29 is 22.7 Å². The highest BCUT2D eigenvalue weighted by Crippen LogP contribution is 2.25. The first kappa shape index (κ1) is 21.0. The van der Waals surface area contributed by atoms with E-state index >= 15 is 0 Å². The average Bonchev–Trinajstić information content (AvgIpc) is 3.11. The maximum absolute atomic E-state index is 12.6. The lowest BCUT2D eigenvalue weighted by molar-refractivity contribution is -0.124. The van der Waals surface area contributed by atoms with E-state index in [0.717, 1.165) is 45.5 Å². The zero-order chi connectivity index (χ0) is 20.0. The maximum atomic E-state index is 12.6. The molecule has 9 nitrogen and oxygen atoms in total. The van der Waals surface area contributed by atoms with Crippen LogP contribution in [0.4, 0.5) is 0 Å². The second kappa shape index (κ2) is 9.64. The van der Waals surface area contributed by atoms with Crippen LogP contribution in [-0.4, -0.2) is 92.9 Å². The molecule has 1 N–H and O–H groups in total. The van der Waals surface area contributed by atoms with E-state index in [0.29, 0.717) is 18.7 Å². The molecule has 2 aliphatic heterocycles. The molecule has 28 heavy (non-hydrogen) atoms. The van der Waals surface area contributed by atoms with Crippen LogP contribution < -0.4 is 10.1 Å². The van der Waals surface area contributed by atoms with E-state index in [1.54, 1.807) is 24.5 Å². The zero-order valence-corrected chi connectivity index (χ0v) is 16.9. The summed E-state index contributed by atoms with van der Waals surface area (Å²) in [5.74, 6) is 0.289. The van der Waals surface area contributed by atoms with Crippen molar-refractivity contribution in [1.29, 1.82) is 0 Å². The molecule has 0 unspecified atom stereocenters. The number of hydrogen-bond donors (Lipinski definition) is 1. The molecule has 2 fully saturated rings. The molecule has 10 heteroatoms. The van der Waals surface area contributed by atoms with Crippen LogP contribution in [0.3, 0.4) is 0 Å². The van der Waals surface area contributed by atoms with Crippen molar-refractivity contribution in [2.45, 2.75) is 25.0 Å². The zero-order valence-electron chi connectivity index (χ0n) is 16.1. The first-order valence-electron chi connectivity index (χ1n) is 9.55. The number of nitrogens with zero attached hydrogens (tertiary/aromatic N) is 3. The molecule has 1 aromatic rings. The first-order valence-corrected chi connectivity index (χ1v) is 11.4. The molecule has 0 aliphatic carbocycles. The summed E-state index contributed by atoms with van der Waals surface area (Å²) in [4.78, 5) is 18.9. The summed E-state index contributed by atoms with van der Waals surface area (Å²) in [7, 11) is -3.51. The summed E-state index contributed by atoms with van der Waals surface area (Å²) in [6.45, 7) is 4.86. The molecule has 1 amide bonds. The smallest absolute Gasteiger partial charge is 0.238 e. The Morgan fingerprint density at radius 2 is 2.18 bits per heavy atom. The van der Waals surface area contributed by atoms with Crippen LogP contribution in [-0.2, 0) is 19.6 Å². The quantitative estimate of drug-likeness (QED) is 0.585. The van der Waals surface area contributed by atoms with Gasteiger partial charge in [0.1, 0.15) is 17.9 Å². The monoisotopic (exact) mass is 412 g/mol. The van der Waals surface area contributed by atoms with Crippen LogP contribution in [0.2, 0.25) is 0 Å². The molecule has 0 spiro atoms. The minimum atomic E-state index is -3.51. The predicted molar refractivity (Wildman–Crippen MR) is 103 cm³/mol. The highest BCUT2D eigenvalue weighted by molar-refractivity contribution is 7.88. The summed E-state index contributed by atoms with van der Waals surface area (Å²) in [6, 6.07) is 2.76. The van der Waals surface area contributed by atoms with E-state index in [1.165, 1.54) is 4.31 Å². The number of sulfonamides is 1.